The molecule has 0 aliphatic heterocycles. The Bertz CT molecular complexity index is 354. The molecule has 1 unspecified atom stereocenters. The third-order valence-electron chi connectivity index (χ3n) is 1.99. The van der Waals surface area contributed by atoms with E-state index >= 15 is 0 Å². The third kappa shape index (κ3) is 1.56. The highest BCUT2D eigenvalue weighted by Crippen LogP contribution is 2.18. The van der Waals surface area contributed by atoms with Gasteiger partial charge in [0.15, 0.2) is 0 Å². The van der Waals surface area contributed by atoms with E-state index in [0.29, 0.717) is 0 Å². The minimum Gasteiger partial charge on any atom is -0.285 e. The lowest BCUT2D eigenvalue weighted by Gasteiger charge is -2.05. The molecule has 4 nitrogen and oxygen atoms in total. The highest BCUT2D eigenvalue weighted by Gasteiger charge is 2.10. The molecule has 0 saturated carbocycles. The van der Waals surface area contributed by atoms with Gasteiger partial charge in [-0.3, -0.25) is 5.10 Å². The Labute approximate surface area is 76.1 Å². The number of hydrogen-bond donors (Lipinski definition) is 1. The van der Waals surface area contributed by atoms with Gasteiger partial charge in [-0.25, -0.2) is 9.97 Å². The largest absolute Gasteiger partial charge is 0.285 e. The number of aromatic nitrogens is 4. The standard InChI is InChI=1S/C9H10N4/c1-7(8-5-12-13-6-8)9-10-3-2-4-11-9/h2-7H,1H3,(H,12,13). The average Bonchev–Trinajstić information content (AvgIpc) is 2.71. The second-order valence-electron chi connectivity index (χ2n) is 2.86. The fourth-order valence-electron chi connectivity index (χ4n) is 1.18. The van der Waals surface area contributed by atoms with E-state index in [4.69, 9.17) is 0 Å². The predicted octanol–water partition coefficient (Wildman–Crippen LogP) is 1.35. The third-order valence-corrected chi connectivity index (χ3v) is 1.99. The summed E-state index contributed by atoms with van der Waals surface area (Å²) in [6, 6.07) is 1.81. The molecule has 0 saturated heterocycles. The van der Waals surface area contributed by atoms with Gasteiger partial charge in [0.1, 0.15) is 5.82 Å². The molecule has 0 bridgehead atoms. The molecule has 13 heavy (non-hydrogen) atoms. The topological polar surface area (TPSA) is 54.5 Å². The van der Waals surface area contributed by atoms with E-state index in [1.807, 2.05) is 12.3 Å². The monoisotopic (exact) mass is 174 g/mol. The molecule has 4 heteroatoms. The molecule has 0 fully saturated rings. The SMILES string of the molecule is CC(c1cn[nH]c1)c1ncccn1. The van der Waals surface area contributed by atoms with Gasteiger partial charge in [0.25, 0.3) is 0 Å². The molecule has 66 valence electrons. The van der Waals surface area contributed by atoms with Gasteiger partial charge in [0.05, 0.1) is 6.20 Å². The summed E-state index contributed by atoms with van der Waals surface area (Å²) in [6.07, 6.45) is 7.15. The zero-order valence-electron chi connectivity index (χ0n) is 7.31. The number of nitrogens with one attached hydrogen (secondary N) is 1. The smallest absolute Gasteiger partial charge is 0.135 e. The molecule has 0 aliphatic rings. The highest BCUT2D eigenvalue weighted by molar-refractivity contribution is 5.17. The van der Waals surface area contributed by atoms with E-state index in [9.17, 15) is 0 Å². The maximum Gasteiger partial charge on any atom is 0.135 e. The summed E-state index contributed by atoms with van der Waals surface area (Å²) < 4.78 is 0. The summed E-state index contributed by atoms with van der Waals surface area (Å²) in [6.45, 7) is 2.06. The van der Waals surface area contributed by atoms with E-state index in [-0.39, 0.29) is 5.92 Å². The van der Waals surface area contributed by atoms with Crippen molar-refractivity contribution in [3.8, 4) is 0 Å². The van der Waals surface area contributed by atoms with Crippen molar-refractivity contribution >= 4 is 0 Å². The van der Waals surface area contributed by atoms with E-state index in [2.05, 4.69) is 27.1 Å². The van der Waals surface area contributed by atoms with Crippen molar-refractivity contribution < 1.29 is 0 Å². The number of nitrogens with zero attached hydrogens (tertiary/aromatic N) is 3. The lowest BCUT2D eigenvalue weighted by Crippen LogP contribution is -2.00. The van der Waals surface area contributed by atoms with E-state index in [1.165, 1.54) is 0 Å². The van der Waals surface area contributed by atoms with Crippen LogP contribution in [0.2, 0.25) is 0 Å². The molecular weight excluding hydrogens is 164 g/mol. The average molecular weight is 174 g/mol. The fourth-order valence-corrected chi connectivity index (χ4v) is 1.18. The first-order valence-corrected chi connectivity index (χ1v) is 4.13. The molecule has 0 spiro atoms. The first kappa shape index (κ1) is 7.91. The van der Waals surface area contributed by atoms with Gasteiger partial charge in [-0.1, -0.05) is 6.92 Å². The Morgan fingerprint density at radius 1 is 1.31 bits per heavy atom. The summed E-state index contributed by atoms with van der Waals surface area (Å²) in [5.41, 5.74) is 1.10. The lowest BCUT2D eigenvalue weighted by molar-refractivity contribution is 0.816. The summed E-state index contributed by atoms with van der Waals surface area (Å²) in [5, 5.41) is 6.66. The van der Waals surface area contributed by atoms with Crippen molar-refractivity contribution in [2.45, 2.75) is 12.8 Å². The van der Waals surface area contributed by atoms with Crippen LogP contribution in [0.15, 0.2) is 30.9 Å². The van der Waals surface area contributed by atoms with Crippen molar-refractivity contribution in [1.29, 1.82) is 0 Å². The molecule has 2 rings (SSSR count). The Morgan fingerprint density at radius 2 is 2.08 bits per heavy atom. The van der Waals surface area contributed by atoms with E-state index in [1.54, 1.807) is 18.6 Å². The van der Waals surface area contributed by atoms with Crippen molar-refractivity contribution in [2.24, 2.45) is 0 Å². The molecule has 0 radical (unpaired) electrons. The Morgan fingerprint density at radius 3 is 2.69 bits per heavy atom. The van der Waals surface area contributed by atoms with Gasteiger partial charge in [-0.05, 0) is 6.07 Å². The molecule has 0 aliphatic carbocycles. The molecule has 1 atom stereocenters. The van der Waals surface area contributed by atoms with Crippen molar-refractivity contribution in [3.63, 3.8) is 0 Å². The Balaban J connectivity index is 2.29. The van der Waals surface area contributed by atoms with Crippen LogP contribution in [0, 0.1) is 0 Å². The number of aromatic amines is 1. The summed E-state index contributed by atoms with van der Waals surface area (Å²) in [4.78, 5) is 8.36. The first-order valence-electron chi connectivity index (χ1n) is 4.13. The van der Waals surface area contributed by atoms with Crippen LogP contribution in [0.3, 0.4) is 0 Å². The normalized spacial score (nSPS) is 12.7. The summed E-state index contributed by atoms with van der Waals surface area (Å²) in [7, 11) is 0. The van der Waals surface area contributed by atoms with Crippen LogP contribution in [0.5, 0.6) is 0 Å². The number of H-pyrrole nitrogens is 1. The van der Waals surface area contributed by atoms with Crippen LogP contribution in [-0.4, -0.2) is 20.2 Å². The van der Waals surface area contributed by atoms with Gasteiger partial charge in [0, 0.05) is 30.1 Å². The fraction of sp³-hybridized carbons (Fsp3) is 0.222. The van der Waals surface area contributed by atoms with Crippen LogP contribution in [-0.2, 0) is 0 Å². The van der Waals surface area contributed by atoms with Gasteiger partial charge >= 0.3 is 0 Å². The van der Waals surface area contributed by atoms with E-state index in [0.717, 1.165) is 11.4 Å². The maximum absolute atomic E-state index is 4.18. The summed E-state index contributed by atoms with van der Waals surface area (Å²) in [5.74, 6) is 1.02. The van der Waals surface area contributed by atoms with E-state index < -0.39 is 0 Å². The molecule has 2 aromatic rings. The second kappa shape index (κ2) is 3.35. The molecule has 1 N–H and O–H groups in total. The Hall–Kier alpha value is -1.71. The van der Waals surface area contributed by atoms with Gasteiger partial charge in [-0.2, -0.15) is 5.10 Å². The quantitative estimate of drug-likeness (QED) is 0.747. The lowest BCUT2D eigenvalue weighted by atomic mass is 10.1. The van der Waals surface area contributed by atoms with Crippen molar-refractivity contribution in [1.82, 2.24) is 20.2 Å². The van der Waals surface area contributed by atoms with Crippen LogP contribution in [0.4, 0.5) is 0 Å². The van der Waals surface area contributed by atoms with Gasteiger partial charge < -0.3 is 0 Å². The van der Waals surface area contributed by atoms with Crippen molar-refractivity contribution in [2.75, 3.05) is 0 Å². The summed E-state index contributed by atoms with van der Waals surface area (Å²) >= 11 is 0. The second-order valence-corrected chi connectivity index (χ2v) is 2.86. The van der Waals surface area contributed by atoms with Crippen LogP contribution in [0.25, 0.3) is 0 Å². The van der Waals surface area contributed by atoms with Crippen LogP contribution in [0.1, 0.15) is 24.2 Å². The number of hydrogen-bond acceptors (Lipinski definition) is 3. The zero-order valence-corrected chi connectivity index (χ0v) is 7.31. The zero-order chi connectivity index (χ0) is 9.10. The highest BCUT2D eigenvalue weighted by atomic mass is 15.1. The van der Waals surface area contributed by atoms with Crippen LogP contribution >= 0.6 is 0 Å². The molecular formula is C9H10N4. The molecule has 2 heterocycles. The predicted molar refractivity (Wildman–Crippen MR) is 48.1 cm³/mol. The number of rotatable bonds is 2. The van der Waals surface area contributed by atoms with Gasteiger partial charge in [-0.15, -0.1) is 0 Å². The first-order chi connectivity index (χ1) is 6.38. The van der Waals surface area contributed by atoms with Gasteiger partial charge in [0.2, 0.25) is 0 Å². The maximum atomic E-state index is 4.18. The van der Waals surface area contributed by atoms with Crippen molar-refractivity contribution in [3.05, 3.63) is 42.2 Å². The molecule has 0 amide bonds. The molecule has 2 aromatic heterocycles. The Kier molecular flexibility index (Phi) is 2.04. The minimum atomic E-state index is 0.194. The molecule has 0 aromatic carbocycles. The van der Waals surface area contributed by atoms with Crippen LogP contribution < -0.4 is 0 Å². The minimum absolute atomic E-state index is 0.194.